The van der Waals surface area contributed by atoms with Gasteiger partial charge in [0, 0.05) is 11.1 Å². The predicted octanol–water partition coefficient (Wildman–Crippen LogP) is 2.82. The van der Waals surface area contributed by atoms with Crippen LogP contribution < -0.4 is 0 Å². The molecule has 0 aliphatic carbocycles. The molecule has 0 aromatic rings. The summed E-state index contributed by atoms with van der Waals surface area (Å²) in [6, 6.07) is 0. The number of hydrogen-bond acceptors (Lipinski definition) is 1. The van der Waals surface area contributed by atoms with Crippen LogP contribution in [0, 0.1) is 0 Å². The average molecular weight is 162 g/mol. The normalized spacial score (nSPS) is 8.83. The Hall–Kier alpha value is -1.37. The van der Waals surface area contributed by atoms with Crippen molar-refractivity contribution in [1.82, 2.24) is 0 Å². The minimum Gasteiger partial charge on any atom is -0.289 e. The lowest BCUT2D eigenvalue weighted by Gasteiger charge is -2.05. The number of allylic oxidation sites excluding steroid dienone is 4. The van der Waals surface area contributed by atoms with Gasteiger partial charge in [0.15, 0.2) is 5.78 Å². The van der Waals surface area contributed by atoms with E-state index in [9.17, 15) is 4.79 Å². The Labute approximate surface area is 73.8 Å². The smallest absolute Gasteiger partial charge is 0.192 e. The second-order valence-corrected chi connectivity index (χ2v) is 2.85. The fourth-order valence-corrected chi connectivity index (χ4v) is 0.570. The molecule has 0 radical (unpaired) electrons. The third-order valence-electron chi connectivity index (χ3n) is 1.58. The molecule has 0 spiro atoms. The fourth-order valence-electron chi connectivity index (χ4n) is 0.570. The third kappa shape index (κ3) is 2.35. The first-order valence-electron chi connectivity index (χ1n) is 3.62. The van der Waals surface area contributed by atoms with Crippen molar-refractivity contribution in [2.75, 3.05) is 0 Å². The van der Waals surface area contributed by atoms with E-state index in [-0.39, 0.29) is 5.78 Å². The lowest BCUT2D eigenvalue weighted by molar-refractivity contribution is -0.111. The van der Waals surface area contributed by atoms with Crippen molar-refractivity contribution in [3.63, 3.8) is 0 Å². The number of hydrogen-bond donors (Lipinski definition) is 0. The van der Waals surface area contributed by atoms with Crippen molar-refractivity contribution in [2.45, 2.75) is 13.8 Å². The van der Waals surface area contributed by atoms with E-state index in [0.717, 1.165) is 0 Å². The minimum absolute atomic E-state index is 0.171. The van der Waals surface area contributed by atoms with E-state index in [2.05, 4.69) is 26.3 Å². The molecule has 0 atom stereocenters. The summed E-state index contributed by atoms with van der Waals surface area (Å²) in [4.78, 5) is 11.4. The topological polar surface area (TPSA) is 17.1 Å². The molecule has 12 heavy (non-hydrogen) atoms. The number of Topliss-reactive ketones (excluding diaryl/α,β-unsaturated/α-hetero) is 1. The molecule has 0 saturated heterocycles. The Morgan fingerprint density at radius 2 is 1.08 bits per heavy atom. The number of rotatable bonds is 4. The molecule has 1 heteroatoms. The van der Waals surface area contributed by atoms with E-state index in [1.54, 1.807) is 13.8 Å². The van der Waals surface area contributed by atoms with Crippen molar-refractivity contribution in [1.29, 1.82) is 0 Å². The molecule has 0 unspecified atom stereocenters. The minimum atomic E-state index is -0.171. The zero-order valence-electron chi connectivity index (χ0n) is 7.74. The van der Waals surface area contributed by atoms with Crippen LogP contribution in [0.3, 0.4) is 0 Å². The Balaban J connectivity index is 4.63. The van der Waals surface area contributed by atoms with E-state index in [1.807, 2.05) is 0 Å². The van der Waals surface area contributed by atoms with Gasteiger partial charge in [-0.25, -0.2) is 0 Å². The number of ketones is 1. The molecule has 0 aliphatic heterocycles. The quantitative estimate of drug-likeness (QED) is 0.459. The summed E-state index contributed by atoms with van der Waals surface area (Å²) in [5.41, 5.74) is 2.15. The first-order chi connectivity index (χ1) is 5.37. The predicted molar refractivity (Wildman–Crippen MR) is 52.9 cm³/mol. The molecule has 0 amide bonds. The molecule has 0 aromatic carbocycles. The Morgan fingerprint density at radius 1 is 0.833 bits per heavy atom. The van der Waals surface area contributed by atoms with Gasteiger partial charge in [0.1, 0.15) is 0 Å². The van der Waals surface area contributed by atoms with E-state index < -0.39 is 0 Å². The lowest BCUT2D eigenvalue weighted by Crippen LogP contribution is -2.05. The zero-order valence-corrected chi connectivity index (χ0v) is 7.74. The monoisotopic (exact) mass is 162 g/mol. The van der Waals surface area contributed by atoms with Gasteiger partial charge in [-0.1, -0.05) is 26.3 Å². The van der Waals surface area contributed by atoms with Gasteiger partial charge in [-0.15, -0.1) is 0 Å². The van der Waals surface area contributed by atoms with Crippen LogP contribution in [0.2, 0.25) is 0 Å². The van der Waals surface area contributed by atoms with Gasteiger partial charge in [0.05, 0.1) is 0 Å². The number of carbonyl (C=O) groups is 1. The molecule has 0 rings (SSSR count). The highest BCUT2D eigenvalue weighted by Gasteiger charge is 2.11. The maximum absolute atomic E-state index is 11.4. The van der Waals surface area contributed by atoms with Crippen molar-refractivity contribution >= 4 is 5.78 Å². The summed E-state index contributed by atoms with van der Waals surface area (Å²) in [6.45, 7) is 18.0. The summed E-state index contributed by atoms with van der Waals surface area (Å²) in [5.74, 6) is -0.171. The summed E-state index contributed by atoms with van der Waals surface area (Å²) >= 11 is 0. The highest BCUT2D eigenvalue weighted by molar-refractivity contribution is 6.12. The van der Waals surface area contributed by atoms with Crippen molar-refractivity contribution in [3.8, 4) is 0 Å². The van der Waals surface area contributed by atoms with Crippen molar-refractivity contribution in [2.24, 2.45) is 0 Å². The average Bonchev–Trinajstić information content (AvgIpc) is 2.00. The molecular weight excluding hydrogens is 148 g/mol. The van der Waals surface area contributed by atoms with Gasteiger partial charge < -0.3 is 0 Å². The fraction of sp³-hybridized carbons (Fsp3) is 0.182. The standard InChI is InChI=1S/C11H14O/c1-7(2)9(5)11(12)10(6)8(3)4/h1,3,5-6H2,2,4H3. The summed E-state index contributed by atoms with van der Waals surface area (Å²) in [7, 11) is 0. The Kier molecular flexibility index (Phi) is 3.42. The van der Waals surface area contributed by atoms with Crippen LogP contribution in [-0.2, 0) is 4.79 Å². The Bertz CT molecular complexity index is 251. The molecule has 0 N–H and O–H groups in total. The highest BCUT2D eigenvalue weighted by Crippen LogP contribution is 2.14. The zero-order chi connectivity index (χ0) is 9.89. The second kappa shape index (κ2) is 3.86. The molecule has 0 aromatic heterocycles. The molecule has 0 fully saturated rings. The summed E-state index contributed by atoms with van der Waals surface area (Å²) in [6.07, 6.45) is 0. The van der Waals surface area contributed by atoms with Crippen LogP contribution in [0.1, 0.15) is 13.8 Å². The maximum atomic E-state index is 11.4. The van der Waals surface area contributed by atoms with Gasteiger partial charge in [-0.2, -0.15) is 0 Å². The molecule has 64 valence electrons. The third-order valence-corrected chi connectivity index (χ3v) is 1.58. The molecular formula is C11H14O. The molecule has 0 heterocycles. The second-order valence-electron chi connectivity index (χ2n) is 2.85. The molecule has 0 saturated carbocycles. The molecule has 0 bridgehead atoms. The lowest BCUT2D eigenvalue weighted by atomic mass is 9.97. The van der Waals surface area contributed by atoms with E-state index >= 15 is 0 Å². The first-order valence-corrected chi connectivity index (χ1v) is 3.62. The van der Waals surface area contributed by atoms with E-state index in [0.29, 0.717) is 22.3 Å². The maximum Gasteiger partial charge on any atom is 0.192 e. The van der Waals surface area contributed by atoms with Crippen LogP contribution in [-0.4, -0.2) is 5.78 Å². The van der Waals surface area contributed by atoms with Crippen LogP contribution in [0.5, 0.6) is 0 Å². The van der Waals surface area contributed by atoms with Crippen LogP contribution >= 0.6 is 0 Å². The van der Waals surface area contributed by atoms with Crippen LogP contribution in [0.4, 0.5) is 0 Å². The van der Waals surface area contributed by atoms with Gasteiger partial charge in [0.25, 0.3) is 0 Å². The largest absolute Gasteiger partial charge is 0.289 e. The molecule has 1 nitrogen and oxygen atoms in total. The van der Waals surface area contributed by atoms with E-state index in [1.165, 1.54) is 0 Å². The first kappa shape index (κ1) is 10.6. The van der Waals surface area contributed by atoms with Crippen molar-refractivity contribution in [3.05, 3.63) is 48.6 Å². The number of carbonyl (C=O) groups excluding carboxylic acids is 1. The van der Waals surface area contributed by atoms with Crippen LogP contribution in [0.25, 0.3) is 0 Å². The molecule has 0 aliphatic rings. The van der Waals surface area contributed by atoms with Gasteiger partial charge in [-0.05, 0) is 25.0 Å². The van der Waals surface area contributed by atoms with Crippen molar-refractivity contribution < 1.29 is 4.79 Å². The van der Waals surface area contributed by atoms with Crippen LogP contribution in [0.15, 0.2) is 48.6 Å². The van der Waals surface area contributed by atoms with Gasteiger partial charge in [-0.3, -0.25) is 4.79 Å². The van der Waals surface area contributed by atoms with Gasteiger partial charge in [0.2, 0.25) is 0 Å². The summed E-state index contributed by atoms with van der Waals surface area (Å²) < 4.78 is 0. The van der Waals surface area contributed by atoms with Gasteiger partial charge >= 0.3 is 0 Å². The highest BCUT2D eigenvalue weighted by atomic mass is 16.1. The summed E-state index contributed by atoms with van der Waals surface area (Å²) in [5, 5.41) is 0. The Morgan fingerprint density at radius 3 is 1.25 bits per heavy atom. The van der Waals surface area contributed by atoms with E-state index in [4.69, 9.17) is 0 Å². The SMILES string of the molecule is C=C(C)C(=C)C(=O)C(=C)C(=C)C.